The lowest BCUT2D eigenvalue weighted by Gasteiger charge is -2.10. The normalized spacial score (nSPS) is 11.0. The number of amides is 2. The van der Waals surface area contributed by atoms with Crippen LogP contribution in [0.4, 0.5) is 4.79 Å². The second-order valence-electron chi connectivity index (χ2n) is 5.77. The molecule has 140 valence electrons. The second kappa shape index (κ2) is 9.82. The van der Waals surface area contributed by atoms with Crippen molar-refractivity contribution in [2.45, 2.75) is 31.1 Å². The number of hydrogen-bond donors (Lipinski definition) is 2. The molecule has 6 nitrogen and oxygen atoms in total. The Morgan fingerprint density at radius 2 is 1.73 bits per heavy atom. The number of carbonyl (C=O) groups excluding carboxylic acids is 1. The molecule has 0 atom stereocenters. The Labute approximate surface area is 154 Å². The lowest BCUT2D eigenvalue weighted by atomic mass is 10.1. The van der Waals surface area contributed by atoms with Gasteiger partial charge in [-0.25, -0.2) is 17.9 Å². The zero-order valence-corrected chi connectivity index (χ0v) is 15.6. The van der Waals surface area contributed by atoms with Gasteiger partial charge in [-0.1, -0.05) is 43.7 Å². The molecule has 0 aliphatic rings. The van der Waals surface area contributed by atoms with Gasteiger partial charge in [0.1, 0.15) is 5.75 Å². The highest BCUT2D eigenvalue weighted by Crippen LogP contribution is 2.16. The minimum atomic E-state index is -3.91. The third kappa shape index (κ3) is 6.40. The molecule has 0 aliphatic heterocycles. The van der Waals surface area contributed by atoms with E-state index in [1.165, 1.54) is 12.1 Å². The number of rotatable bonds is 9. The summed E-state index contributed by atoms with van der Waals surface area (Å²) in [6.07, 6.45) is 2.58. The molecule has 2 aromatic carbocycles. The van der Waals surface area contributed by atoms with E-state index < -0.39 is 16.1 Å². The zero-order valence-electron chi connectivity index (χ0n) is 14.8. The summed E-state index contributed by atoms with van der Waals surface area (Å²) in [4.78, 5) is 11.9. The van der Waals surface area contributed by atoms with Crippen LogP contribution >= 0.6 is 0 Å². The van der Waals surface area contributed by atoms with Gasteiger partial charge >= 0.3 is 6.03 Å². The Bertz CT molecular complexity index is 790. The van der Waals surface area contributed by atoms with Crippen molar-refractivity contribution in [1.82, 2.24) is 10.0 Å². The van der Waals surface area contributed by atoms with Crippen molar-refractivity contribution in [2.75, 3.05) is 13.2 Å². The van der Waals surface area contributed by atoms with E-state index in [2.05, 4.69) is 12.2 Å². The van der Waals surface area contributed by atoms with Gasteiger partial charge in [-0.15, -0.1) is 0 Å². The van der Waals surface area contributed by atoms with Crippen LogP contribution < -0.4 is 14.8 Å². The number of ether oxygens (including phenoxy) is 1. The molecule has 2 amide bonds. The summed E-state index contributed by atoms with van der Waals surface area (Å²) in [6, 6.07) is 14.9. The third-order valence-electron chi connectivity index (χ3n) is 3.67. The first-order valence-electron chi connectivity index (χ1n) is 8.58. The van der Waals surface area contributed by atoms with Crippen molar-refractivity contribution in [3.05, 3.63) is 60.2 Å². The fourth-order valence-corrected chi connectivity index (χ4v) is 3.16. The van der Waals surface area contributed by atoms with Crippen LogP contribution in [0.5, 0.6) is 5.75 Å². The van der Waals surface area contributed by atoms with Gasteiger partial charge in [0.2, 0.25) is 0 Å². The van der Waals surface area contributed by atoms with Gasteiger partial charge in [-0.05, 0) is 42.7 Å². The van der Waals surface area contributed by atoms with Crippen molar-refractivity contribution >= 4 is 16.1 Å². The summed E-state index contributed by atoms with van der Waals surface area (Å²) in [5, 5.41) is 2.55. The lowest BCUT2D eigenvalue weighted by molar-refractivity contribution is 0.246. The molecule has 0 saturated carbocycles. The molecule has 0 radical (unpaired) electrons. The Balaban J connectivity index is 1.83. The quantitative estimate of drug-likeness (QED) is 0.659. The molecule has 0 spiro atoms. The Kier molecular flexibility index (Phi) is 7.47. The maximum atomic E-state index is 12.2. The smallest absolute Gasteiger partial charge is 0.328 e. The van der Waals surface area contributed by atoms with Crippen LogP contribution in [0.1, 0.15) is 25.3 Å². The van der Waals surface area contributed by atoms with E-state index in [1.54, 1.807) is 12.1 Å². The minimum absolute atomic E-state index is 0.0125. The van der Waals surface area contributed by atoms with Gasteiger partial charge in [-0.3, -0.25) is 0 Å². The molecule has 0 unspecified atom stereocenters. The van der Waals surface area contributed by atoms with Crippen LogP contribution in [-0.4, -0.2) is 27.6 Å². The SMILES string of the molecule is CCCCOc1ccc(S(=O)(=O)NC(=O)NCCc2ccccc2)cc1. The Hall–Kier alpha value is -2.54. The highest BCUT2D eigenvalue weighted by Gasteiger charge is 2.17. The van der Waals surface area contributed by atoms with Gasteiger partial charge in [0.05, 0.1) is 11.5 Å². The van der Waals surface area contributed by atoms with E-state index >= 15 is 0 Å². The summed E-state index contributed by atoms with van der Waals surface area (Å²) in [5.41, 5.74) is 1.06. The van der Waals surface area contributed by atoms with Crippen molar-refractivity contribution < 1.29 is 17.9 Å². The van der Waals surface area contributed by atoms with Crippen molar-refractivity contribution in [3.8, 4) is 5.75 Å². The molecular formula is C19H24N2O4S. The molecule has 0 aromatic heterocycles. The van der Waals surface area contributed by atoms with Crippen LogP contribution in [0.25, 0.3) is 0 Å². The maximum Gasteiger partial charge on any atom is 0.328 e. The fourth-order valence-electron chi connectivity index (χ4n) is 2.23. The van der Waals surface area contributed by atoms with Crippen LogP contribution in [-0.2, 0) is 16.4 Å². The molecule has 0 heterocycles. The molecule has 0 bridgehead atoms. The average molecular weight is 376 g/mol. The van der Waals surface area contributed by atoms with Gasteiger partial charge in [-0.2, -0.15) is 0 Å². The fraction of sp³-hybridized carbons (Fsp3) is 0.316. The van der Waals surface area contributed by atoms with Crippen molar-refractivity contribution in [3.63, 3.8) is 0 Å². The highest BCUT2D eigenvalue weighted by molar-refractivity contribution is 7.90. The van der Waals surface area contributed by atoms with E-state index in [4.69, 9.17) is 4.74 Å². The number of carbonyl (C=O) groups is 1. The second-order valence-corrected chi connectivity index (χ2v) is 7.45. The number of urea groups is 1. The number of benzene rings is 2. The average Bonchev–Trinajstić information content (AvgIpc) is 2.63. The first-order chi connectivity index (χ1) is 12.5. The Morgan fingerprint density at radius 1 is 1.04 bits per heavy atom. The first-order valence-corrected chi connectivity index (χ1v) is 10.1. The minimum Gasteiger partial charge on any atom is -0.494 e. The van der Waals surface area contributed by atoms with Crippen molar-refractivity contribution in [2.24, 2.45) is 0 Å². The first kappa shape index (κ1) is 19.8. The van der Waals surface area contributed by atoms with Crippen LogP contribution in [0.2, 0.25) is 0 Å². The van der Waals surface area contributed by atoms with Gasteiger partial charge in [0.25, 0.3) is 10.0 Å². The van der Waals surface area contributed by atoms with E-state index in [9.17, 15) is 13.2 Å². The van der Waals surface area contributed by atoms with Gasteiger partial charge < -0.3 is 10.1 Å². The van der Waals surface area contributed by atoms with E-state index in [0.29, 0.717) is 25.3 Å². The standard InChI is InChI=1S/C19H24N2O4S/c1-2-3-15-25-17-9-11-18(12-10-17)26(23,24)21-19(22)20-14-13-16-7-5-4-6-8-16/h4-12H,2-3,13-15H2,1H3,(H2,20,21,22). The molecule has 2 aromatic rings. The van der Waals surface area contributed by atoms with Gasteiger partial charge in [0.15, 0.2) is 0 Å². The highest BCUT2D eigenvalue weighted by atomic mass is 32.2. The molecular weight excluding hydrogens is 352 g/mol. The Morgan fingerprint density at radius 3 is 2.38 bits per heavy atom. The number of hydrogen-bond acceptors (Lipinski definition) is 4. The molecule has 2 rings (SSSR count). The summed E-state index contributed by atoms with van der Waals surface area (Å²) < 4.78 is 32.0. The molecule has 26 heavy (non-hydrogen) atoms. The molecule has 2 N–H and O–H groups in total. The van der Waals surface area contributed by atoms with E-state index in [1.807, 2.05) is 35.1 Å². The maximum absolute atomic E-state index is 12.2. The zero-order chi connectivity index (χ0) is 18.8. The predicted molar refractivity (Wildman–Crippen MR) is 101 cm³/mol. The summed E-state index contributed by atoms with van der Waals surface area (Å²) >= 11 is 0. The van der Waals surface area contributed by atoms with Gasteiger partial charge in [0, 0.05) is 6.54 Å². The molecule has 0 saturated heterocycles. The predicted octanol–water partition coefficient (Wildman–Crippen LogP) is 3.10. The molecule has 7 heteroatoms. The number of nitrogens with one attached hydrogen (secondary N) is 2. The topological polar surface area (TPSA) is 84.5 Å². The monoisotopic (exact) mass is 376 g/mol. The van der Waals surface area contributed by atoms with Crippen molar-refractivity contribution in [1.29, 1.82) is 0 Å². The number of unbranched alkanes of at least 4 members (excludes halogenated alkanes) is 1. The third-order valence-corrected chi connectivity index (χ3v) is 5.02. The van der Waals surface area contributed by atoms with Crippen LogP contribution in [0.3, 0.4) is 0 Å². The molecule has 0 fully saturated rings. The lowest BCUT2D eigenvalue weighted by Crippen LogP contribution is -2.40. The summed E-state index contributed by atoms with van der Waals surface area (Å²) in [6.45, 7) is 3.00. The summed E-state index contributed by atoms with van der Waals surface area (Å²) in [5.74, 6) is 0.602. The van der Waals surface area contributed by atoms with Crippen LogP contribution in [0.15, 0.2) is 59.5 Å². The molecule has 0 aliphatic carbocycles. The summed E-state index contributed by atoms with van der Waals surface area (Å²) in [7, 11) is -3.91. The number of sulfonamides is 1. The van der Waals surface area contributed by atoms with E-state index in [-0.39, 0.29) is 4.90 Å². The largest absolute Gasteiger partial charge is 0.494 e. The van der Waals surface area contributed by atoms with Crippen LogP contribution in [0, 0.1) is 0 Å². The van der Waals surface area contributed by atoms with E-state index in [0.717, 1.165) is 18.4 Å².